The van der Waals surface area contributed by atoms with E-state index in [1.165, 1.54) is 13.0 Å². The molecule has 1 aliphatic heterocycles. The molecule has 0 saturated carbocycles. The maximum atomic E-state index is 12.2. The summed E-state index contributed by atoms with van der Waals surface area (Å²) in [6, 6.07) is 6.63. The van der Waals surface area contributed by atoms with E-state index in [4.69, 9.17) is 4.74 Å². The molecule has 1 aromatic carbocycles. The zero-order chi connectivity index (χ0) is 16.8. The lowest BCUT2D eigenvalue weighted by Crippen LogP contribution is -2.40. The van der Waals surface area contributed by atoms with Crippen molar-refractivity contribution in [3.8, 4) is 5.75 Å². The highest BCUT2D eigenvalue weighted by Crippen LogP contribution is 2.22. The van der Waals surface area contributed by atoms with Crippen molar-refractivity contribution in [2.45, 2.75) is 19.8 Å². The lowest BCUT2D eigenvalue weighted by atomic mass is 9.97. The summed E-state index contributed by atoms with van der Waals surface area (Å²) in [7, 11) is 0. The van der Waals surface area contributed by atoms with Crippen molar-refractivity contribution in [3.05, 3.63) is 36.9 Å². The Morgan fingerprint density at radius 1 is 1.22 bits per heavy atom. The third kappa shape index (κ3) is 4.67. The van der Waals surface area contributed by atoms with Crippen LogP contribution in [0.1, 0.15) is 19.8 Å². The fourth-order valence-corrected chi connectivity index (χ4v) is 2.47. The number of ether oxygens (including phenoxy) is 1. The fraction of sp³-hybridized carbons (Fsp3) is 0.353. The molecule has 1 saturated heterocycles. The first-order valence-electron chi connectivity index (χ1n) is 7.50. The van der Waals surface area contributed by atoms with Gasteiger partial charge in [0.1, 0.15) is 5.75 Å². The highest BCUT2D eigenvalue weighted by molar-refractivity contribution is 5.89. The van der Waals surface area contributed by atoms with E-state index in [1.54, 1.807) is 29.2 Å². The lowest BCUT2D eigenvalue weighted by Gasteiger charge is -2.30. The molecule has 6 heteroatoms. The summed E-state index contributed by atoms with van der Waals surface area (Å²) in [5.74, 6) is -0.323. The standard InChI is InChI=1S/C17H20N2O4/c1-3-16(21)19-10-8-13(9-11-19)17(22)23-15-6-4-14(5-7-15)18-12(2)20/h3-7,13H,1,8-11H2,2H3,(H,18,20). The van der Waals surface area contributed by atoms with Gasteiger partial charge in [-0.25, -0.2) is 0 Å². The van der Waals surface area contributed by atoms with Crippen molar-refractivity contribution in [3.63, 3.8) is 0 Å². The number of carbonyl (C=O) groups is 3. The molecule has 1 aromatic rings. The molecular formula is C17H20N2O4. The molecule has 122 valence electrons. The minimum absolute atomic E-state index is 0.106. The normalized spacial score (nSPS) is 14.9. The van der Waals surface area contributed by atoms with Crippen LogP contribution in [0.25, 0.3) is 0 Å². The molecule has 6 nitrogen and oxygen atoms in total. The van der Waals surface area contributed by atoms with E-state index >= 15 is 0 Å². The zero-order valence-corrected chi connectivity index (χ0v) is 13.1. The third-order valence-electron chi connectivity index (χ3n) is 3.71. The average molecular weight is 316 g/mol. The molecule has 0 aliphatic carbocycles. The van der Waals surface area contributed by atoms with Gasteiger partial charge >= 0.3 is 5.97 Å². The van der Waals surface area contributed by atoms with Crippen molar-refractivity contribution in [2.24, 2.45) is 5.92 Å². The second-order valence-electron chi connectivity index (χ2n) is 5.43. The molecule has 0 spiro atoms. The first-order valence-corrected chi connectivity index (χ1v) is 7.50. The van der Waals surface area contributed by atoms with E-state index in [2.05, 4.69) is 11.9 Å². The molecular weight excluding hydrogens is 296 g/mol. The highest BCUT2D eigenvalue weighted by atomic mass is 16.5. The molecule has 1 N–H and O–H groups in total. The minimum Gasteiger partial charge on any atom is -0.426 e. The van der Waals surface area contributed by atoms with Gasteiger partial charge in [-0.3, -0.25) is 14.4 Å². The zero-order valence-electron chi connectivity index (χ0n) is 13.1. The van der Waals surface area contributed by atoms with Gasteiger partial charge in [-0.1, -0.05) is 6.58 Å². The molecule has 1 aliphatic rings. The first kappa shape index (κ1) is 16.7. The predicted molar refractivity (Wildman–Crippen MR) is 85.9 cm³/mol. The Labute approximate surface area is 135 Å². The monoisotopic (exact) mass is 316 g/mol. The number of likely N-dealkylation sites (tertiary alicyclic amines) is 1. The molecule has 2 rings (SSSR count). The molecule has 0 unspecified atom stereocenters. The Kier molecular flexibility index (Phi) is 5.51. The van der Waals surface area contributed by atoms with Gasteiger partial charge in [0.05, 0.1) is 5.92 Å². The third-order valence-corrected chi connectivity index (χ3v) is 3.71. The van der Waals surface area contributed by atoms with Crippen LogP contribution in [0.5, 0.6) is 5.75 Å². The van der Waals surface area contributed by atoms with Gasteiger partial charge < -0.3 is 15.0 Å². The number of hydrogen-bond donors (Lipinski definition) is 1. The van der Waals surface area contributed by atoms with Crippen molar-refractivity contribution >= 4 is 23.5 Å². The molecule has 2 amide bonds. The molecule has 1 fully saturated rings. The smallest absolute Gasteiger partial charge is 0.314 e. The number of piperidine rings is 1. The summed E-state index contributed by atoms with van der Waals surface area (Å²) in [5, 5.41) is 2.64. The minimum atomic E-state index is -0.289. The van der Waals surface area contributed by atoms with Crippen molar-refractivity contribution in [1.82, 2.24) is 4.90 Å². The van der Waals surface area contributed by atoms with Crippen LogP contribution >= 0.6 is 0 Å². The number of hydrogen-bond acceptors (Lipinski definition) is 4. The molecule has 0 aromatic heterocycles. The Morgan fingerprint density at radius 3 is 2.35 bits per heavy atom. The second kappa shape index (κ2) is 7.58. The number of carbonyl (C=O) groups excluding carboxylic acids is 3. The van der Waals surface area contributed by atoms with Crippen LogP contribution in [0.3, 0.4) is 0 Å². The van der Waals surface area contributed by atoms with E-state index in [-0.39, 0.29) is 23.7 Å². The van der Waals surface area contributed by atoms with E-state index in [1.807, 2.05) is 0 Å². The van der Waals surface area contributed by atoms with Gasteiger partial charge in [-0.15, -0.1) is 0 Å². The van der Waals surface area contributed by atoms with Crippen LogP contribution in [0, 0.1) is 5.92 Å². The number of esters is 1. The summed E-state index contributed by atoms with van der Waals surface area (Å²) >= 11 is 0. The van der Waals surface area contributed by atoms with E-state index < -0.39 is 0 Å². The van der Waals surface area contributed by atoms with Crippen LogP contribution in [0.2, 0.25) is 0 Å². The van der Waals surface area contributed by atoms with E-state index in [9.17, 15) is 14.4 Å². The quantitative estimate of drug-likeness (QED) is 0.523. The summed E-state index contributed by atoms with van der Waals surface area (Å²) in [5.41, 5.74) is 0.647. The fourth-order valence-electron chi connectivity index (χ4n) is 2.47. The maximum Gasteiger partial charge on any atom is 0.314 e. The Balaban J connectivity index is 1.86. The van der Waals surface area contributed by atoms with Crippen molar-refractivity contribution in [2.75, 3.05) is 18.4 Å². The van der Waals surface area contributed by atoms with Gasteiger partial charge in [0.25, 0.3) is 0 Å². The Bertz CT molecular complexity index is 602. The van der Waals surface area contributed by atoms with E-state index in [0.29, 0.717) is 37.4 Å². The van der Waals surface area contributed by atoms with E-state index in [0.717, 1.165) is 0 Å². The van der Waals surface area contributed by atoms with Crippen LogP contribution in [-0.4, -0.2) is 35.8 Å². The van der Waals surface area contributed by atoms with Gasteiger partial charge in [-0.05, 0) is 43.2 Å². The number of nitrogens with zero attached hydrogens (tertiary/aromatic N) is 1. The topological polar surface area (TPSA) is 75.7 Å². The number of nitrogens with one attached hydrogen (secondary N) is 1. The summed E-state index contributed by atoms with van der Waals surface area (Å²) in [6.45, 7) is 5.96. The second-order valence-corrected chi connectivity index (χ2v) is 5.43. The largest absolute Gasteiger partial charge is 0.426 e. The van der Waals surface area contributed by atoms with Gasteiger partial charge in [0.15, 0.2) is 0 Å². The number of benzene rings is 1. The number of anilines is 1. The van der Waals surface area contributed by atoms with Gasteiger partial charge in [0.2, 0.25) is 11.8 Å². The number of rotatable bonds is 4. The van der Waals surface area contributed by atoms with Crippen LogP contribution in [0.15, 0.2) is 36.9 Å². The van der Waals surface area contributed by atoms with Crippen LogP contribution in [0.4, 0.5) is 5.69 Å². The predicted octanol–water partition coefficient (Wildman–Crippen LogP) is 1.98. The molecule has 1 heterocycles. The SMILES string of the molecule is C=CC(=O)N1CCC(C(=O)Oc2ccc(NC(C)=O)cc2)CC1. The summed E-state index contributed by atoms with van der Waals surface area (Å²) < 4.78 is 5.36. The maximum absolute atomic E-state index is 12.2. The molecule has 0 bridgehead atoms. The van der Waals surface area contributed by atoms with Crippen molar-refractivity contribution < 1.29 is 19.1 Å². The Hall–Kier alpha value is -2.63. The van der Waals surface area contributed by atoms with Gasteiger partial charge in [-0.2, -0.15) is 0 Å². The summed E-state index contributed by atoms with van der Waals surface area (Å²) in [6.07, 6.45) is 2.46. The Morgan fingerprint density at radius 2 is 1.83 bits per heavy atom. The lowest BCUT2D eigenvalue weighted by molar-refractivity contribution is -0.142. The summed E-state index contributed by atoms with van der Waals surface area (Å²) in [4.78, 5) is 36.3. The molecule has 0 atom stereocenters. The van der Waals surface area contributed by atoms with Crippen molar-refractivity contribution in [1.29, 1.82) is 0 Å². The molecule has 0 radical (unpaired) electrons. The van der Waals surface area contributed by atoms with Gasteiger partial charge in [0, 0.05) is 25.7 Å². The highest BCUT2D eigenvalue weighted by Gasteiger charge is 2.27. The van der Waals surface area contributed by atoms with Crippen LogP contribution < -0.4 is 10.1 Å². The number of amides is 2. The van der Waals surface area contributed by atoms with Crippen LogP contribution in [-0.2, 0) is 14.4 Å². The average Bonchev–Trinajstić information content (AvgIpc) is 2.55. The molecule has 23 heavy (non-hydrogen) atoms. The first-order chi connectivity index (χ1) is 11.0.